The minimum Gasteiger partial charge on any atom is -0.110 e. The number of rotatable bonds is 1. The maximum absolute atomic E-state index is 6.78. The molecule has 1 aromatic rings. The second-order valence-electron chi connectivity index (χ2n) is 5.17. The summed E-state index contributed by atoms with van der Waals surface area (Å²) in [7, 11) is 0. The molecule has 3 atom stereocenters. The molecule has 0 amide bonds. The zero-order valence-electron chi connectivity index (χ0n) is 10.0. The van der Waals surface area contributed by atoms with Crippen LogP contribution in [0.4, 0.5) is 0 Å². The zero-order valence-corrected chi connectivity index (χ0v) is 17.7. The van der Waals surface area contributed by atoms with E-state index in [4.69, 9.17) is 69.6 Å². The molecule has 0 heterocycles. The molecule has 114 valence electrons. The van der Waals surface area contributed by atoms with Crippen molar-refractivity contribution in [1.29, 1.82) is 0 Å². The summed E-state index contributed by atoms with van der Waals surface area (Å²) in [5.74, 6) is -0.254. The molecular weight excluding hydrogens is 529 g/mol. The van der Waals surface area contributed by atoms with E-state index < -0.39 is 14.1 Å². The standard InChI is InChI=1S/C13H6Br2Cl6/c14-6-1-5(2-7(15)3-6)8-4-11(18)9(16)10(17)12(8,19)13(11,20)21/h1-3,8H,4H2. The van der Waals surface area contributed by atoms with Gasteiger partial charge in [-0.1, -0.05) is 78.3 Å². The third-order valence-electron chi connectivity index (χ3n) is 4.07. The summed E-state index contributed by atoms with van der Waals surface area (Å²) in [6.07, 6.45) is 0.406. The Hall–Kier alpha value is 1.66. The first-order chi connectivity index (χ1) is 9.55. The van der Waals surface area contributed by atoms with E-state index in [9.17, 15) is 0 Å². The summed E-state index contributed by atoms with van der Waals surface area (Å²) in [4.78, 5) is -2.44. The van der Waals surface area contributed by atoms with Crippen molar-refractivity contribution in [2.45, 2.75) is 26.4 Å². The fourth-order valence-corrected chi connectivity index (χ4v) is 7.16. The van der Waals surface area contributed by atoms with Gasteiger partial charge in [0, 0.05) is 14.9 Å². The van der Waals surface area contributed by atoms with Gasteiger partial charge < -0.3 is 0 Å². The fourth-order valence-electron chi connectivity index (χ4n) is 3.03. The Morgan fingerprint density at radius 2 is 1.43 bits per heavy atom. The molecule has 2 bridgehead atoms. The van der Waals surface area contributed by atoms with Crippen molar-refractivity contribution in [2.24, 2.45) is 0 Å². The molecule has 0 saturated heterocycles. The molecule has 8 heteroatoms. The molecule has 0 nitrogen and oxygen atoms in total. The predicted octanol–water partition coefficient (Wildman–Crippen LogP) is 7.53. The summed E-state index contributed by atoms with van der Waals surface area (Å²) in [5, 5.41) is 0.453. The maximum atomic E-state index is 6.78. The molecule has 1 saturated carbocycles. The Labute approximate surface area is 169 Å². The van der Waals surface area contributed by atoms with E-state index in [0.717, 1.165) is 14.5 Å². The van der Waals surface area contributed by atoms with E-state index in [0.29, 0.717) is 6.42 Å². The molecule has 2 aliphatic rings. The lowest BCUT2D eigenvalue weighted by Gasteiger charge is -2.34. The molecule has 1 fully saturated rings. The first-order valence-corrected chi connectivity index (χ1v) is 9.69. The van der Waals surface area contributed by atoms with Crippen LogP contribution in [-0.2, 0) is 0 Å². The largest absolute Gasteiger partial charge is 0.166 e. The first-order valence-electron chi connectivity index (χ1n) is 5.83. The second-order valence-corrected chi connectivity index (χ2v) is 10.3. The monoisotopic (exact) mass is 530 g/mol. The van der Waals surface area contributed by atoms with Crippen LogP contribution in [0.5, 0.6) is 0 Å². The van der Waals surface area contributed by atoms with Gasteiger partial charge >= 0.3 is 0 Å². The molecule has 2 aliphatic carbocycles. The number of halogens is 8. The number of alkyl halides is 4. The van der Waals surface area contributed by atoms with Crippen LogP contribution in [0, 0.1) is 0 Å². The lowest BCUT2D eigenvalue weighted by atomic mass is 9.86. The SMILES string of the molecule is ClC1=C(Cl)C2(Cl)C(c3cc(Br)cc(Br)c3)CC1(Cl)C2(Cl)Cl. The van der Waals surface area contributed by atoms with Crippen LogP contribution in [0.1, 0.15) is 17.9 Å². The summed E-state index contributed by atoms with van der Waals surface area (Å²) in [6.45, 7) is 0. The number of hydrogen-bond acceptors (Lipinski definition) is 0. The molecule has 21 heavy (non-hydrogen) atoms. The fraction of sp³-hybridized carbons (Fsp3) is 0.385. The smallest absolute Gasteiger partial charge is 0.110 e. The molecule has 3 unspecified atom stereocenters. The van der Waals surface area contributed by atoms with E-state index in [1.54, 1.807) is 0 Å². The summed E-state index contributed by atoms with van der Waals surface area (Å²) >= 11 is 45.9. The van der Waals surface area contributed by atoms with E-state index in [-0.39, 0.29) is 16.0 Å². The minimum absolute atomic E-state index is 0.221. The van der Waals surface area contributed by atoms with Crippen LogP contribution >= 0.6 is 101 Å². The Morgan fingerprint density at radius 1 is 0.905 bits per heavy atom. The van der Waals surface area contributed by atoms with Gasteiger partial charge in [0.1, 0.15) is 9.75 Å². The molecule has 0 radical (unpaired) electrons. The summed E-state index contributed by atoms with van der Waals surface area (Å²) in [5.41, 5.74) is 0.932. The molecule has 0 aromatic heterocycles. The van der Waals surface area contributed by atoms with Gasteiger partial charge in [-0.3, -0.25) is 0 Å². The highest BCUT2D eigenvalue weighted by Gasteiger charge is 2.78. The van der Waals surface area contributed by atoms with Gasteiger partial charge in [0.25, 0.3) is 0 Å². The topological polar surface area (TPSA) is 0 Å². The average Bonchev–Trinajstić information content (AvgIpc) is 2.59. The molecular formula is C13H6Br2Cl6. The van der Waals surface area contributed by atoms with Crippen LogP contribution in [-0.4, -0.2) is 14.1 Å². The second kappa shape index (κ2) is 5.33. The Kier molecular flexibility index (Phi) is 4.43. The number of fused-ring (bicyclic) bond motifs is 2. The highest BCUT2D eigenvalue weighted by atomic mass is 79.9. The van der Waals surface area contributed by atoms with Crippen LogP contribution in [0.15, 0.2) is 37.2 Å². The highest BCUT2D eigenvalue weighted by molar-refractivity contribution is 9.11. The van der Waals surface area contributed by atoms with Crippen molar-refractivity contribution in [3.05, 3.63) is 42.8 Å². The third-order valence-corrected chi connectivity index (χ3v) is 9.26. The van der Waals surface area contributed by atoms with E-state index in [1.165, 1.54) is 0 Å². The molecule has 0 spiro atoms. The van der Waals surface area contributed by atoms with Gasteiger partial charge in [-0.2, -0.15) is 0 Å². The Morgan fingerprint density at radius 3 is 1.86 bits per heavy atom. The lowest BCUT2D eigenvalue weighted by Crippen LogP contribution is -2.43. The Balaban J connectivity index is 2.21. The van der Waals surface area contributed by atoms with Crippen LogP contribution < -0.4 is 0 Å². The van der Waals surface area contributed by atoms with Gasteiger partial charge in [-0.25, -0.2) is 0 Å². The summed E-state index contributed by atoms with van der Waals surface area (Å²) in [6, 6.07) is 5.82. The minimum atomic E-state index is -1.49. The third kappa shape index (κ3) is 2.13. The molecule has 0 N–H and O–H groups in total. The zero-order chi connectivity index (χ0) is 15.8. The normalized spacial score (nSPS) is 37.4. The quantitative estimate of drug-likeness (QED) is 0.327. The predicted molar refractivity (Wildman–Crippen MR) is 99.5 cm³/mol. The van der Waals surface area contributed by atoms with Crippen molar-refractivity contribution in [3.63, 3.8) is 0 Å². The number of allylic oxidation sites excluding steroid dienone is 2. The van der Waals surface area contributed by atoms with Crippen molar-refractivity contribution < 1.29 is 0 Å². The number of benzene rings is 1. The van der Waals surface area contributed by atoms with E-state index in [2.05, 4.69) is 31.9 Å². The van der Waals surface area contributed by atoms with Gasteiger partial charge in [0.2, 0.25) is 0 Å². The van der Waals surface area contributed by atoms with Crippen molar-refractivity contribution in [3.8, 4) is 0 Å². The average molecular weight is 535 g/mol. The van der Waals surface area contributed by atoms with Crippen molar-refractivity contribution in [1.82, 2.24) is 0 Å². The van der Waals surface area contributed by atoms with E-state index in [1.807, 2.05) is 18.2 Å². The highest BCUT2D eigenvalue weighted by Crippen LogP contribution is 2.76. The van der Waals surface area contributed by atoms with Crippen molar-refractivity contribution in [2.75, 3.05) is 0 Å². The molecule has 3 rings (SSSR count). The van der Waals surface area contributed by atoms with Crippen LogP contribution in [0.25, 0.3) is 0 Å². The van der Waals surface area contributed by atoms with Gasteiger partial charge in [0.15, 0.2) is 4.33 Å². The number of hydrogen-bond donors (Lipinski definition) is 0. The summed E-state index contributed by atoms with van der Waals surface area (Å²) < 4.78 is 0.315. The molecule has 1 aromatic carbocycles. The van der Waals surface area contributed by atoms with Gasteiger partial charge in [-0.15, -0.1) is 23.2 Å². The van der Waals surface area contributed by atoms with E-state index >= 15 is 0 Å². The van der Waals surface area contributed by atoms with Crippen molar-refractivity contribution >= 4 is 101 Å². The van der Waals surface area contributed by atoms with Crippen LogP contribution in [0.3, 0.4) is 0 Å². The van der Waals surface area contributed by atoms with Gasteiger partial charge in [0.05, 0.1) is 10.1 Å². The maximum Gasteiger partial charge on any atom is 0.166 e. The molecule has 0 aliphatic heterocycles. The van der Waals surface area contributed by atoms with Gasteiger partial charge in [-0.05, 0) is 30.2 Å². The first kappa shape index (κ1) is 17.5. The van der Waals surface area contributed by atoms with Crippen LogP contribution in [0.2, 0.25) is 0 Å². The lowest BCUT2D eigenvalue weighted by molar-refractivity contribution is 0.601. The Bertz CT molecular complexity index is 652.